The van der Waals surface area contributed by atoms with E-state index in [1.807, 2.05) is 26.8 Å². The van der Waals surface area contributed by atoms with Crippen molar-refractivity contribution in [3.8, 4) is 11.8 Å². The van der Waals surface area contributed by atoms with E-state index in [1.165, 1.54) is 23.1 Å². The van der Waals surface area contributed by atoms with Gasteiger partial charge in [-0.2, -0.15) is 5.26 Å². The molecule has 1 aromatic carbocycles. The molecule has 2 aliphatic rings. The second-order valence-electron chi connectivity index (χ2n) is 10.3. The van der Waals surface area contributed by atoms with Crippen LogP contribution in [-0.2, 0) is 9.59 Å². The Hall–Kier alpha value is -4.08. The summed E-state index contributed by atoms with van der Waals surface area (Å²) in [4.78, 5) is 27.8. The van der Waals surface area contributed by atoms with Gasteiger partial charge in [0, 0.05) is 29.4 Å². The van der Waals surface area contributed by atoms with Gasteiger partial charge in [0.15, 0.2) is 10.1 Å². The summed E-state index contributed by atoms with van der Waals surface area (Å²) >= 11 is 2.48. The lowest BCUT2D eigenvalue weighted by Gasteiger charge is -2.42. The van der Waals surface area contributed by atoms with Gasteiger partial charge in [0.25, 0.3) is 0 Å². The average Bonchev–Trinajstić information content (AvgIpc) is 3.55. The molecule has 206 valence electrons. The third kappa shape index (κ3) is 5.35. The van der Waals surface area contributed by atoms with E-state index in [-0.39, 0.29) is 34.3 Å². The molecule has 2 aromatic heterocycles. The number of benzene rings is 1. The molecule has 1 atom stereocenters. The SMILES string of the molecule is COc1cccc(NC(=O)CSc2nnc(N3C(N)=C(C#N)C(c4ccc(C)o4)C4=C3CC(C)(C)CC4=O)s2)c1. The predicted molar refractivity (Wildman–Crippen MR) is 153 cm³/mol. The van der Waals surface area contributed by atoms with Gasteiger partial charge in [0.2, 0.25) is 11.0 Å². The van der Waals surface area contributed by atoms with Crippen LogP contribution in [0.1, 0.15) is 44.1 Å². The normalized spacial score (nSPS) is 18.4. The third-order valence-corrected chi connectivity index (χ3v) is 8.74. The summed E-state index contributed by atoms with van der Waals surface area (Å²) in [6.45, 7) is 5.87. The molecule has 12 heteroatoms. The van der Waals surface area contributed by atoms with Crippen molar-refractivity contribution in [2.75, 3.05) is 23.1 Å². The number of furan rings is 1. The summed E-state index contributed by atoms with van der Waals surface area (Å²) < 4.78 is 11.6. The lowest BCUT2D eigenvalue weighted by molar-refractivity contribution is -0.118. The van der Waals surface area contributed by atoms with Crippen molar-refractivity contribution >= 4 is 45.6 Å². The average molecular weight is 577 g/mol. The standard InChI is InChI=1S/C28H28N6O4S2/c1-15-8-9-21(38-15)23-18(13-29)25(30)34(19-11-28(2,3)12-20(35)24(19)23)26-32-33-27(40-26)39-14-22(36)31-16-6-5-7-17(10-16)37-4/h5-10,23H,11-12,14,30H2,1-4H3,(H,31,36). The van der Waals surface area contributed by atoms with Gasteiger partial charge in [-0.3, -0.25) is 14.5 Å². The van der Waals surface area contributed by atoms with Crippen LogP contribution in [0.2, 0.25) is 0 Å². The quantitative estimate of drug-likeness (QED) is 0.363. The Kier molecular flexibility index (Phi) is 7.44. The van der Waals surface area contributed by atoms with E-state index in [0.29, 0.717) is 56.5 Å². The number of nitrogens with zero attached hydrogens (tertiary/aromatic N) is 4. The number of Topliss-reactive ketones (excluding diaryl/α,β-unsaturated/α-hetero) is 1. The second-order valence-corrected chi connectivity index (χ2v) is 12.5. The number of amides is 1. The zero-order chi connectivity index (χ0) is 28.6. The number of hydrogen-bond donors (Lipinski definition) is 2. The zero-order valence-electron chi connectivity index (χ0n) is 22.5. The molecule has 0 saturated carbocycles. The Morgan fingerprint density at radius 2 is 2.12 bits per heavy atom. The van der Waals surface area contributed by atoms with Gasteiger partial charge in [-0.1, -0.05) is 43.0 Å². The largest absolute Gasteiger partial charge is 0.497 e. The van der Waals surface area contributed by atoms with Crippen molar-refractivity contribution in [2.24, 2.45) is 11.1 Å². The van der Waals surface area contributed by atoms with E-state index in [9.17, 15) is 14.9 Å². The lowest BCUT2D eigenvalue weighted by atomic mass is 9.69. The van der Waals surface area contributed by atoms with Crippen LogP contribution in [0.5, 0.6) is 5.75 Å². The highest BCUT2D eigenvalue weighted by Crippen LogP contribution is 2.51. The molecule has 10 nitrogen and oxygen atoms in total. The van der Waals surface area contributed by atoms with Crippen LogP contribution < -0.4 is 20.7 Å². The number of nitrogens with two attached hydrogens (primary N) is 1. The van der Waals surface area contributed by atoms with Gasteiger partial charge in [0.1, 0.15) is 23.1 Å². The Bertz CT molecular complexity index is 1600. The smallest absolute Gasteiger partial charge is 0.234 e. The molecule has 3 N–H and O–H groups in total. The number of allylic oxidation sites excluding steroid dienone is 3. The molecule has 3 heterocycles. The molecule has 0 bridgehead atoms. The first-order chi connectivity index (χ1) is 19.1. The monoisotopic (exact) mass is 576 g/mol. The van der Waals surface area contributed by atoms with E-state index in [2.05, 4.69) is 21.6 Å². The molecule has 0 spiro atoms. The Labute approximate surface area is 239 Å². The number of aryl methyl sites for hydroxylation is 1. The molecule has 1 unspecified atom stereocenters. The fourth-order valence-electron chi connectivity index (χ4n) is 5.00. The first-order valence-electron chi connectivity index (χ1n) is 12.5. The molecule has 0 fully saturated rings. The van der Waals surface area contributed by atoms with Crippen LogP contribution in [0.4, 0.5) is 10.8 Å². The van der Waals surface area contributed by atoms with E-state index in [1.54, 1.807) is 42.3 Å². The molecule has 0 saturated heterocycles. The maximum atomic E-state index is 13.6. The van der Waals surface area contributed by atoms with Crippen LogP contribution in [0, 0.1) is 23.7 Å². The zero-order valence-corrected chi connectivity index (χ0v) is 24.1. The molecular formula is C28H28N6O4S2. The number of thioether (sulfide) groups is 1. The van der Waals surface area contributed by atoms with Crippen LogP contribution in [0.3, 0.4) is 0 Å². The van der Waals surface area contributed by atoms with Crippen LogP contribution in [0.25, 0.3) is 0 Å². The number of carbonyl (C=O) groups excluding carboxylic acids is 2. The van der Waals surface area contributed by atoms with Gasteiger partial charge >= 0.3 is 0 Å². The van der Waals surface area contributed by atoms with Gasteiger partial charge < -0.3 is 20.2 Å². The van der Waals surface area contributed by atoms with Crippen molar-refractivity contribution in [2.45, 2.75) is 43.9 Å². The topological polar surface area (TPSA) is 147 Å². The van der Waals surface area contributed by atoms with E-state index in [0.717, 1.165) is 0 Å². The lowest BCUT2D eigenvalue weighted by Crippen LogP contribution is -2.42. The van der Waals surface area contributed by atoms with E-state index >= 15 is 0 Å². The molecule has 3 aromatic rings. The number of anilines is 2. The molecule has 1 amide bonds. The number of carbonyl (C=O) groups is 2. The minimum absolute atomic E-state index is 0.0520. The number of ether oxygens (including phenoxy) is 1. The minimum atomic E-state index is -0.685. The Morgan fingerprint density at radius 1 is 1.32 bits per heavy atom. The minimum Gasteiger partial charge on any atom is -0.497 e. The summed E-state index contributed by atoms with van der Waals surface area (Å²) in [6.07, 6.45) is 0.892. The Morgan fingerprint density at radius 3 is 2.83 bits per heavy atom. The fraction of sp³-hybridized carbons (Fsp3) is 0.321. The van der Waals surface area contributed by atoms with Crippen LogP contribution in [-0.4, -0.2) is 34.8 Å². The summed E-state index contributed by atoms with van der Waals surface area (Å²) in [5.41, 5.74) is 8.37. The molecule has 40 heavy (non-hydrogen) atoms. The van der Waals surface area contributed by atoms with Crippen molar-refractivity contribution in [1.82, 2.24) is 10.2 Å². The number of methoxy groups -OCH3 is 1. The van der Waals surface area contributed by atoms with Crippen molar-refractivity contribution < 1.29 is 18.7 Å². The molecule has 5 rings (SSSR count). The number of hydrogen-bond acceptors (Lipinski definition) is 11. The first-order valence-corrected chi connectivity index (χ1v) is 14.3. The van der Waals surface area contributed by atoms with E-state index in [4.69, 9.17) is 14.9 Å². The first kappa shape index (κ1) is 27.5. The molecule has 1 aliphatic carbocycles. The van der Waals surface area contributed by atoms with Gasteiger partial charge in [-0.05, 0) is 43.0 Å². The maximum Gasteiger partial charge on any atom is 0.234 e. The van der Waals surface area contributed by atoms with Gasteiger partial charge in [-0.25, -0.2) is 0 Å². The van der Waals surface area contributed by atoms with Crippen molar-refractivity contribution in [3.05, 3.63) is 70.6 Å². The highest BCUT2D eigenvalue weighted by Gasteiger charge is 2.46. The number of aromatic nitrogens is 2. The molecular weight excluding hydrogens is 548 g/mol. The molecule has 1 aliphatic heterocycles. The highest BCUT2D eigenvalue weighted by molar-refractivity contribution is 8.01. The Balaban J connectivity index is 1.43. The summed E-state index contributed by atoms with van der Waals surface area (Å²) in [5, 5.41) is 22.0. The van der Waals surface area contributed by atoms with Gasteiger partial charge in [-0.15, -0.1) is 10.2 Å². The van der Waals surface area contributed by atoms with Crippen molar-refractivity contribution in [1.29, 1.82) is 5.26 Å². The summed E-state index contributed by atoms with van der Waals surface area (Å²) in [6, 6.07) is 12.9. The predicted octanol–water partition coefficient (Wildman–Crippen LogP) is 5.12. The number of rotatable bonds is 7. The number of nitrogens with one attached hydrogen (secondary N) is 1. The number of ketones is 1. The number of nitriles is 1. The molecule has 0 radical (unpaired) electrons. The fourth-order valence-corrected chi connectivity index (χ4v) is 6.68. The van der Waals surface area contributed by atoms with E-state index < -0.39 is 5.92 Å². The third-order valence-electron chi connectivity index (χ3n) is 6.69. The second kappa shape index (κ2) is 10.8. The highest BCUT2D eigenvalue weighted by atomic mass is 32.2. The van der Waals surface area contributed by atoms with Crippen LogP contribution >= 0.6 is 23.1 Å². The van der Waals surface area contributed by atoms with Gasteiger partial charge in [0.05, 0.1) is 30.4 Å². The maximum absolute atomic E-state index is 13.6. The van der Waals surface area contributed by atoms with Crippen LogP contribution in [0.15, 0.2) is 67.8 Å². The summed E-state index contributed by atoms with van der Waals surface area (Å²) in [7, 11) is 1.56. The van der Waals surface area contributed by atoms with Crippen molar-refractivity contribution in [3.63, 3.8) is 0 Å². The summed E-state index contributed by atoms with van der Waals surface area (Å²) in [5.74, 6) is 1.19.